The Labute approximate surface area is 173 Å². The summed E-state index contributed by atoms with van der Waals surface area (Å²) in [5, 5.41) is 16.3. The minimum absolute atomic E-state index is 0. The molecule has 0 aromatic heterocycles. The van der Waals surface area contributed by atoms with Crippen LogP contribution in [0, 0.1) is 0 Å². The van der Waals surface area contributed by atoms with E-state index < -0.39 is 0 Å². The maximum absolute atomic E-state index is 9.70. The van der Waals surface area contributed by atoms with Crippen LogP contribution in [0.1, 0.15) is 31.2 Å². The second kappa shape index (κ2) is 12.5. The van der Waals surface area contributed by atoms with E-state index in [2.05, 4.69) is 10.6 Å². The number of rotatable bonds is 8. The molecule has 3 N–H and O–H groups in total. The van der Waals surface area contributed by atoms with E-state index >= 15 is 0 Å². The maximum Gasteiger partial charge on any atom is 0.191 e. The summed E-state index contributed by atoms with van der Waals surface area (Å²) in [6.45, 7) is 5.56. The molecule has 1 atom stereocenters. The summed E-state index contributed by atoms with van der Waals surface area (Å²) in [6, 6.07) is 10.0. The van der Waals surface area contributed by atoms with E-state index in [9.17, 15) is 5.11 Å². The number of nitrogens with zero attached hydrogens (tertiary/aromatic N) is 1. The average molecular weight is 477 g/mol. The summed E-state index contributed by atoms with van der Waals surface area (Å²) >= 11 is 0. The van der Waals surface area contributed by atoms with Crippen LogP contribution in [0.4, 0.5) is 0 Å². The fourth-order valence-electron chi connectivity index (χ4n) is 2.97. The third-order valence-electron chi connectivity index (χ3n) is 4.71. The molecular formula is C19H32IN3O3. The molecule has 1 heterocycles. The first-order valence-electron chi connectivity index (χ1n) is 9.04. The molecule has 0 radical (unpaired) electrons. The van der Waals surface area contributed by atoms with Crippen LogP contribution >= 0.6 is 24.0 Å². The normalized spacial score (nSPS) is 17.9. The van der Waals surface area contributed by atoms with Gasteiger partial charge in [0.05, 0.1) is 18.8 Å². The van der Waals surface area contributed by atoms with E-state index in [0.29, 0.717) is 26.3 Å². The molecule has 1 unspecified atom stereocenters. The molecule has 0 amide bonds. The number of guanidine groups is 1. The lowest BCUT2D eigenvalue weighted by Crippen LogP contribution is -2.44. The third-order valence-corrected chi connectivity index (χ3v) is 4.71. The van der Waals surface area contributed by atoms with Crippen molar-refractivity contribution in [2.24, 2.45) is 4.99 Å². The lowest BCUT2D eigenvalue weighted by Gasteiger charge is -2.34. The number of ether oxygens (including phenoxy) is 2. The molecule has 0 spiro atoms. The molecule has 148 valence electrons. The summed E-state index contributed by atoms with van der Waals surface area (Å²) in [4.78, 5) is 4.71. The molecule has 0 aliphatic carbocycles. The van der Waals surface area contributed by atoms with Gasteiger partial charge in [-0.05, 0) is 12.5 Å². The standard InChI is InChI=1S/C19H31N3O3.HI/c1-3-20-18(22-15-19(24-2)9-11-25-12-10-19)21-13-17(14-23)16-7-5-4-6-8-16;/h4-8,17,23H,3,9-15H2,1-2H3,(H2,20,21,22);1H. The molecular weight excluding hydrogens is 445 g/mol. The molecule has 1 aromatic rings. The Morgan fingerprint density at radius 1 is 1.27 bits per heavy atom. The van der Waals surface area contributed by atoms with Gasteiger partial charge in [0.1, 0.15) is 0 Å². The number of hydrogen-bond donors (Lipinski definition) is 3. The molecule has 0 bridgehead atoms. The second-order valence-electron chi connectivity index (χ2n) is 6.37. The Kier molecular flexibility index (Phi) is 11.1. The molecule has 6 nitrogen and oxygen atoms in total. The van der Waals surface area contributed by atoms with Gasteiger partial charge in [-0.25, -0.2) is 0 Å². The van der Waals surface area contributed by atoms with Crippen molar-refractivity contribution in [3.63, 3.8) is 0 Å². The zero-order valence-corrected chi connectivity index (χ0v) is 18.1. The van der Waals surface area contributed by atoms with Gasteiger partial charge in [0, 0.05) is 52.2 Å². The Balaban J connectivity index is 0.00000338. The molecule has 0 saturated carbocycles. The van der Waals surface area contributed by atoms with Crippen molar-refractivity contribution in [3.05, 3.63) is 35.9 Å². The van der Waals surface area contributed by atoms with Crippen molar-refractivity contribution < 1.29 is 14.6 Å². The van der Waals surface area contributed by atoms with Crippen LogP contribution in [0.5, 0.6) is 0 Å². The lowest BCUT2D eigenvalue weighted by atomic mass is 9.94. The number of hydrogen-bond acceptors (Lipinski definition) is 4. The largest absolute Gasteiger partial charge is 0.396 e. The Hall–Kier alpha value is -0.900. The van der Waals surface area contributed by atoms with Crippen LogP contribution < -0.4 is 10.6 Å². The number of nitrogens with one attached hydrogen (secondary N) is 2. The summed E-state index contributed by atoms with van der Waals surface area (Å²) in [5.41, 5.74) is 0.877. The first-order valence-corrected chi connectivity index (χ1v) is 9.04. The zero-order valence-electron chi connectivity index (χ0n) is 15.7. The highest BCUT2D eigenvalue weighted by atomic mass is 127. The van der Waals surface area contributed by atoms with Crippen LogP contribution in [0.25, 0.3) is 0 Å². The van der Waals surface area contributed by atoms with Crippen LogP contribution in [0.3, 0.4) is 0 Å². The molecule has 26 heavy (non-hydrogen) atoms. The molecule has 1 saturated heterocycles. The highest BCUT2D eigenvalue weighted by molar-refractivity contribution is 14.0. The van der Waals surface area contributed by atoms with Crippen molar-refractivity contribution in [2.45, 2.75) is 31.3 Å². The molecule has 1 aliphatic heterocycles. The van der Waals surface area contributed by atoms with E-state index in [-0.39, 0.29) is 42.1 Å². The van der Waals surface area contributed by atoms with Crippen molar-refractivity contribution in [2.75, 3.05) is 46.6 Å². The fraction of sp³-hybridized carbons (Fsp3) is 0.632. The van der Waals surface area contributed by atoms with Crippen molar-refractivity contribution in [1.29, 1.82) is 0 Å². The number of methoxy groups -OCH3 is 1. The molecule has 1 aromatic carbocycles. The number of aliphatic hydroxyl groups is 1. The van der Waals surface area contributed by atoms with Gasteiger partial charge in [-0.2, -0.15) is 0 Å². The van der Waals surface area contributed by atoms with Crippen molar-refractivity contribution in [1.82, 2.24) is 10.6 Å². The van der Waals surface area contributed by atoms with Gasteiger partial charge in [-0.3, -0.25) is 4.99 Å². The quantitative estimate of drug-likeness (QED) is 0.304. The number of benzene rings is 1. The number of halogens is 1. The van der Waals surface area contributed by atoms with Gasteiger partial charge in [0.25, 0.3) is 0 Å². The van der Waals surface area contributed by atoms with Gasteiger partial charge in [-0.1, -0.05) is 30.3 Å². The topological polar surface area (TPSA) is 75.1 Å². The van der Waals surface area contributed by atoms with Gasteiger partial charge < -0.3 is 25.2 Å². The molecule has 1 aliphatic rings. The molecule has 1 fully saturated rings. The monoisotopic (exact) mass is 477 g/mol. The van der Waals surface area contributed by atoms with E-state index in [0.717, 1.165) is 30.9 Å². The first-order chi connectivity index (χ1) is 12.2. The van der Waals surface area contributed by atoms with E-state index in [1.807, 2.05) is 37.3 Å². The number of aliphatic hydroxyl groups excluding tert-OH is 1. The summed E-state index contributed by atoms with van der Waals surface area (Å²) in [6.07, 6.45) is 1.71. The summed E-state index contributed by atoms with van der Waals surface area (Å²) in [7, 11) is 1.75. The lowest BCUT2D eigenvalue weighted by molar-refractivity contribution is -0.0828. The second-order valence-corrected chi connectivity index (χ2v) is 6.37. The van der Waals surface area contributed by atoms with Crippen LogP contribution in [-0.2, 0) is 9.47 Å². The van der Waals surface area contributed by atoms with Gasteiger partial charge >= 0.3 is 0 Å². The minimum Gasteiger partial charge on any atom is -0.396 e. The SMILES string of the molecule is CCNC(=NCC1(OC)CCOCC1)NCC(CO)c1ccccc1.I. The molecule has 7 heteroatoms. The average Bonchev–Trinajstić information content (AvgIpc) is 2.68. The zero-order chi connectivity index (χ0) is 18.0. The predicted octanol–water partition coefficient (Wildman–Crippen LogP) is 2.13. The van der Waals surface area contributed by atoms with E-state index in [1.54, 1.807) is 7.11 Å². The number of aliphatic imine (C=N–C) groups is 1. The molecule has 2 rings (SSSR count). The Morgan fingerprint density at radius 3 is 2.54 bits per heavy atom. The maximum atomic E-state index is 9.70. The van der Waals surface area contributed by atoms with Crippen LogP contribution in [-0.4, -0.2) is 63.2 Å². The Bertz CT molecular complexity index is 522. The summed E-state index contributed by atoms with van der Waals surface area (Å²) < 4.78 is 11.2. The first kappa shape index (κ1) is 23.1. The third kappa shape index (κ3) is 7.02. The van der Waals surface area contributed by atoms with Crippen molar-refractivity contribution in [3.8, 4) is 0 Å². The van der Waals surface area contributed by atoms with Crippen LogP contribution in [0.15, 0.2) is 35.3 Å². The minimum atomic E-state index is -0.240. The van der Waals surface area contributed by atoms with Gasteiger partial charge in [0.2, 0.25) is 0 Å². The van der Waals surface area contributed by atoms with Gasteiger partial charge in [0.15, 0.2) is 5.96 Å². The summed E-state index contributed by atoms with van der Waals surface area (Å²) in [5.74, 6) is 0.782. The smallest absolute Gasteiger partial charge is 0.191 e. The van der Waals surface area contributed by atoms with Gasteiger partial charge in [-0.15, -0.1) is 24.0 Å². The predicted molar refractivity (Wildman–Crippen MR) is 115 cm³/mol. The fourth-order valence-corrected chi connectivity index (χ4v) is 2.97. The van der Waals surface area contributed by atoms with E-state index in [1.165, 1.54) is 0 Å². The highest BCUT2D eigenvalue weighted by Crippen LogP contribution is 2.24. The van der Waals surface area contributed by atoms with Crippen molar-refractivity contribution >= 4 is 29.9 Å². The van der Waals surface area contributed by atoms with E-state index in [4.69, 9.17) is 14.5 Å². The Morgan fingerprint density at radius 2 is 1.96 bits per heavy atom. The highest BCUT2D eigenvalue weighted by Gasteiger charge is 2.32. The van der Waals surface area contributed by atoms with Crippen LogP contribution in [0.2, 0.25) is 0 Å².